The second kappa shape index (κ2) is 8.52. The van der Waals surface area contributed by atoms with Gasteiger partial charge in [-0.25, -0.2) is 4.79 Å². The maximum Gasteiger partial charge on any atom is 0.328 e. The Kier molecular flexibility index (Phi) is 7.02. The van der Waals surface area contributed by atoms with Gasteiger partial charge in [0.15, 0.2) is 0 Å². The van der Waals surface area contributed by atoms with Crippen molar-refractivity contribution in [3.05, 3.63) is 41.0 Å². The number of hydrogen-bond donors (Lipinski definition) is 2. The number of thioether (sulfide) groups is 1. The number of carbonyl (C=O) groups is 2. The minimum atomic E-state index is -1.00. The summed E-state index contributed by atoms with van der Waals surface area (Å²) in [7, 11) is 0. The Bertz CT molecular complexity index is 540. The van der Waals surface area contributed by atoms with Gasteiger partial charge in [-0.15, -0.1) is 0 Å². The Morgan fingerprint density at radius 1 is 1.43 bits per heavy atom. The van der Waals surface area contributed by atoms with Gasteiger partial charge in [-0.1, -0.05) is 13.0 Å². The monoisotopic (exact) mass is 307 g/mol. The topological polar surface area (TPSA) is 66.4 Å². The van der Waals surface area contributed by atoms with Gasteiger partial charge >= 0.3 is 5.97 Å². The molecule has 0 spiro atoms. The summed E-state index contributed by atoms with van der Waals surface area (Å²) < 4.78 is 0. The van der Waals surface area contributed by atoms with Crippen LogP contribution in [-0.4, -0.2) is 35.0 Å². The molecule has 1 unspecified atom stereocenters. The highest BCUT2D eigenvalue weighted by Crippen LogP contribution is 2.14. The molecule has 0 bridgehead atoms. The Balaban J connectivity index is 2.90. The van der Waals surface area contributed by atoms with Gasteiger partial charge in [0, 0.05) is 23.4 Å². The molecule has 0 fully saturated rings. The zero-order valence-corrected chi connectivity index (χ0v) is 13.4. The predicted molar refractivity (Wildman–Crippen MR) is 87.8 cm³/mol. The minimum absolute atomic E-state index is 0.124. The molecule has 1 aromatic carbocycles. The average Bonchev–Trinajstić information content (AvgIpc) is 2.45. The molecule has 1 amide bonds. The molecule has 114 valence electrons. The highest BCUT2D eigenvalue weighted by molar-refractivity contribution is 7.98. The van der Waals surface area contributed by atoms with E-state index in [1.54, 1.807) is 23.9 Å². The first kappa shape index (κ1) is 17.3. The van der Waals surface area contributed by atoms with Gasteiger partial charge < -0.3 is 10.4 Å². The van der Waals surface area contributed by atoms with Crippen LogP contribution in [0.4, 0.5) is 0 Å². The van der Waals surface area contributed by atoms with Crippen LogP contribution in [0.5, 0.6) is 0 Å². The van der Waals surface area contributed by atoms with E-state index < -0.39 is 5.97 Å². The van der Waals surface area contributed by atoms with E-state index in [1.165, 1.54) is 6.08 Å². The van der Waals surface area contributed by atoms with E-state index >= 15 is 0 Å². The molecule has 5 heteroatoms. The van der Waals surface area contributed by atoms with Gasteiger partial charge in [0.25, 0.3) is 5.91 Å². The fourth-order valence-electron chi connectivity index (χ4n) is 1.85. The second-order valence-corrected chi connectivity index (χ2v) is 5.69. The smallest absolute Gasteiger partial charge is 0.328 e. The maximum absolute atomic E-state index is 12.2. The van der Waals surface area contributed by atoms with Crippen LogP contribution in [-0.2, 0) is 4.79 Å². The first-order valence-corrected chi connectivity index (χ1v) is 8.18. The van der Waals surface area contributed by atoms with Crippen LogP contribution in [0.3, 0.4) is 0 Å². The van der Waals surface area contributed by atoms with Gasteiger partial charge in [0.2, 0.25) is 0 Å². The lowest BCUT2D eigenvalue weighted by Gasteiger charge is -2.16. The molecule has 0 saturated carbocycles. The van der Waals surface area contributed by atoms with Crippen molar-refractivity contribution in [1.29, 1.82) is 0 Å². The van der Waals surface area contributed by atoms with E-state index in [9.17, 15) is 9.59 Å². The third-order valence-corrected chi connectivity index (χ3v) is 3.88. The first-order valence-electron chi connectivity index (χ1n) is 6.79. The summed E-state index contributed by atoms with van der Waals surface area (Å²) in [6.45, 7) is 3.92. The number of aliphatic carboxylic acids is 1. The normalized spacial score (nSPS) is 12.3. The molecule has 0 aliphatic rings. The molecule has 0 heterocycles. The maximum atomic E-state index is 12.2. The van der Waals surface area contributed by atoms with Crippen LogP contribution in [0.25, 0.3) is 6.08 Å². The lowest BCUT2D eigenvalue weighted by Crippen LogP contribution is -2.36. The zero-order valence-electron chi connectivity index (χ0n) is 12.6. The number of carbonyl (C=O) groups excluding carboxylic acids is 1. The van der Waals surface area contributed by atoms with Crippen molar-refractivity contribution in [3.63, 3.8) is 0 Å². The number of nitrogens with one attached hydrogen (secondary N) is 1. The molecule has 21 heavy (non-hydrogen) atoms. The molecule has 4 nitrogen and oxygen atoms in total. The van der Waals surface area contributed by atoms with Crippen LogP contribution in [0.15, 0.2) is 24.3 Å². The average molecular weight is 307 g/mol. The summed E-state index contributed by atoms with van der Waals surface area (Å²) in [4.78, 5) is 22.8. The van der Waals surface area contributed by atoms with Crippen LogP contribution >= 0.6 is 11.8 Å². The van der Waals surface area contributed by atoms with Gasteiger partial charge in [-0.2, -0.15) is 11.8 Å². The van der Waals surface area contributed by atoms with Crippen molar-refractivity contribution in [2.75, 3.05) is 12.0 Å². The van der Waals surface area contributed by atoms with Crippen LogP contribution < -0.4 is 5.32 Å². The molecule has 0 aliphatic heterocycles. The molecule has 2 N–H and O–H groups in total. The Hall–Kier alpha value is -1.75. The van der Waals surface area contributed by atoms with E-state index in [0.29, 0.717) is 5.56 Å². The quantitative estimate of drug-likeness (QED) is 0.760. The largest absolute Gasteiger partial charge is 0.478 e. The second-order valence-electron chi connectivity index (χ2n) is 4.78. The lowest BCUT2D eigenvalue weighted by atomic mass is 10.0. The Labute approximate surface area is 129 Å². The molecule has 0 radical (unpaired) electrons. The lowest BCUT2D eigenvalue weighted by molar-refractivity contribution is -0.131. The first-order chi connectivity index (χ1) is 9.97. The summed E-state index contributed by atoms with van der Waals surface area (Å²) >= 11 is 1.70. The standard InChI is InChI=1S/C16H21NO3S/c1-4-14(10-21-3)17-16(20)13-6-5-11(2)12(9-13)7-8-15(18)19/h5-9,14H,4,10H2,1-3H3,(H,17,20)(H,18,19)/b8-7+. The van der Waals surface area contributed by atoms with Crippen LogP contribution in [0.1, 0.15) is 34.8 Å². The highest BCUT2D eigenvalue weighted by atomic mass is 32.2. The summed E-state index contributed by atoms with van der Waals surface area (Å²) in [6.07, 6.45) is 5.47. The number of hydrogen-bond acceptors (Lipinski definition) is 3. The van der Waals surface area contributed by atoms with E-state index in [4.69, 9.17) is 5.11 Å². The van der Waals surface area contributed by atoms with Gasteiger partial charge in [0.05, 0.1) is 0 Å². The van der Waals surface area contributed by atoms with Gasteiger partial charge in [-0.3, -0.25) is 4.79 Å². The van der Waals surface area contributed by atoms with E-state index in [-0.39, 0.29) is 11.9 Å². The highest BCUT2D eigenvalue weighted by Gasteiger charge is 2.12. The van der Waals surface area contributed by atoms with E-state index in [2.05, 4.69) is 5.32 Å². The van der Waals surface area contributed by atoms with Crippen molar-refractivity contribution >= 4 is 29.7 Å². The summed E-state index contributed by atoms with van der Waals surface area (Å²) in [6, 6.07) is 5.45. The number of amides is 1. The summed E-state index contributed by atoms with van der Waals surface area (Å²) in [5, 5.41) is 11.7. The van der Waals surface area contributed by atoms with Crippen molar-refractivity contribution in [2.45, 2.75) is 26.3 Å². The summed E-state index contributed by atoms with van der Waals surface area (Å²) in [5.74, 6) is -0.254. The predicted octanol–water partition coefficient (Wildman–Crippen LogP) is 2.96. The fraction of sp³-hybridized carbons (Fsp3) is 0.375. The molecule has 1 atom stereocenters. The molecular weight excluding hydrogens is 286 g/mol. The number of carboxylic acid groups (broad SMARTS) is 1. The van der Waals surface area contributed by atoms with E-state index in [0.717, 1.165) is 29.4 Å². The Morgan fingerprint density at radius 2 is 2.14 bits per heavy atom. The number of rotatable bonds is 7. The number of carboxylic acids is 1. The summed E-state index contributed by atoms with van der Waals surface area (Å²) in [5.41, 5.74) is 2.22. The van der Waals surface area contributed by atoms with Crippen LogP contribution in [0, 0.1) is 6.92 Å². The minimum Gasteiger partial charge on any atom is -0.478 e. The molecule has 0 saturated heterocycles. The van der Waals surface area contributed by atoms with Crippen LogP contribution in [0.2, 0.25) is 0 Å². The fourth-order valence-corrected chi connectivity index (χ4v) is 2.58. The van der Waals surface area contributed by atoms with Crippen molar-refractivity contribution in [2.24, 2.45) is 0 Å². The Morgan fingerprint density at radius 3 is 2.71 bits per heavy atom. The van der Waals surface area contributed by atoms with E-state index in [1.807, 2.05) is 26.2 Å². The van der Waals surface area contributed by atoms with Crippen molar-refractivity contribution in [1.82, 2.24) is 5.32 Å². The zero-order chi connectivity index (χ0) is 15.8. The molecule has 0 aliphatic carbocycles. The van der Waals surface area contributed by atoms with Crippen molar-refractivity contribution < 1.29 is 14.7 Å². The molecule has 1 aromatic rings. The third-order valence-electron chi connectivity index (χ3n) is 3.14. The molecule has 0 aromatic heterocycles. The van der Waals surface area contributed by atoms with Gasteiger partial charge in [0.1, 0.15) is 0 Å². The van der Waals surface area contributed by atoms with Gasteiger partial charge in [-0.05, 0) is 48.9 Å². The third kappa shape index (κ3) is 5.63. The number of benzene rings is 1. The molecular formula is C16H21NO3S. The molecule has 1 rings (SSSR count). The SMILES string of the molecule is CCC(CSC)NC(=O)c1ccc(C)c(/C=C/C(=O)O)c1. The van der Waals surface area contributed by atoms with Crippen molar-refractivity contribution in [3.8, 4) is 0 Å². The number of aryl methyl sites for hydroxylation is 1.